The molecule has 8 rings (SSSR count). The zero-order chi connectivity index (χ0) is 57.5. The van der Waals surface area contributed by atoms with E-state index in [4.69, 9.17) is 37.9 Å². The average molecular weight is 1120 g/mol. The second-order valence-electron chi connectivity index (χ2n) is 26.2. The Morgan fingerprint density at radius 1 is 0.615 bits per heavy atom. The fourth-order valence-electron chi connectivity index (χ4n) is 15.8. The van der Waals surface area contributed by atoms with Crippen molar-refractivity contribution in [1.29, 1.82) is 0 Å². The van der Waals surface area contributed by atoms with E-state index in [-0.39, 0.29) is 40.9 Å². The Balaban J connectivity index is 0.987. The van der Waals surface area contributed by atoms with Gasteiger partial charge in [-0.1, -0.05) is 60.1 Å². The van der Waals surface area contributed by atoms with Crippen LogP contribution in [-0.2, 0) is 37.9 Å². The number of fused-ring (bicyclic) bond motifs is 5. The first-order chi connectivity index (χ1) is 36.4. The van der Waals surface area contributed by atoms with E-state index in [1.807, 2.05) is 0 Å². The quantitative estimate of drug-likeness (QED) is 0.0704. The van der Waals surface area contributed by atoms with E-state index in [2.05, 4.69) is 47.6 Å². The van der Waals surface area contributed by atoms with Crippen LogP contribution in [0, 0.1) is 51.2 Å². The third-order valence-corrected chi connectivity index (χ3v) is 21.2. The third kappa shape index (κ3) is 11.0. The molecule has 8 aliphatic rings. The van der Waals surface area contributed by atoms with Gasteiger partial charge in [-0.3, -0.25) is 0 Å². The lowest BCUT2D eigenvalue weighted by atomic mass is 9.38. The van der Waals surface area contributed by atoms with Gasteiger partial charge in [0.25, 0.3) is 0 Å². The van der Waals surface area contributed by atoms with Crippen LogP contribution in [-0.4, -0.2) is 244 Å². The average Bonchev–Trinajstić information content (AvgIpc) is 2.45. The second-order valence-corrected chi connectivity index (χ2v) is 26.2. The standard InChI is InChI=1S/C55H94O23/c1-23(25-16-17-53(7)32-13-11-26-27(55(32,9)33(59)18-54(25,53)8)12-15-34(51(26,3)4)76-48-45(69)41(65)38(62)30(21-58)74-48)10-14-35(52(5,6)70)77-50-46(78-49-43(67)36(60)24(2)28(19-56)72-49)42(66)39(63)31(75-50)22-71-47-44(68)40(64)37(61)29(20-57)73-47/h11,23-25,27-50,56-70H,10,12-22H2,1-9H3/t23-,24-,25-,27-,28-,29-,30-,31-,32+,33-,34+,35-,36+,37-,38-,39-,40+,41+,42+,43-,44-,45-,46-,47+,48+,49+,50+,53+,54-,55+/m1/s1. The normalized spacial score (nSPS) is 51.4. The maximum Gasteiger partial charge on any atom is 0.187 e. The summed E-state index contributed by atoms with van der Waals surface area (Å²) in [5.41, 5.74) is -1.97. The number of ether oxygens (including phenoxy) is 8. The molecule has 4 aliphatic carbocycles. The minimum absolute atomic E-state index is 0.0180. The lowest BCUT2D eigenvalue weighted by Gasteiger charge is -2.67. The van der Waals surface area contributed by atoms with Gasteiger partial charge in [-0.25, -0.2) is 0 Å². The summed E-state index contributed by atoms with van der Waals surface area (Å²) in [4.78, 5) is 0. The largest absolute Gasteiger partial charge is 0.394 e. The van der Waals surface area contributed by atoms with Crippen molar-refractivity contribution in [3.05, 3.63) is 11.6 Å². The summed E-state index contributed by atoms with van der Waals surface area (Å²) < 4.78 is 48.3. The SMILES string of the molecule is C[C@H]1[C@H](O)[C@@H](O)[C@H](O[C@H]2[C@H](O[C@H](CC[C@@H](C)[C@H]3CC[C@@]4(C)[C@@H]5CC=C6[C@@H](CC[C@H](O[C@@H]7O[C@H](CO)[C@@H](O)[C@H](O)[C@H]7O)C6(C)C)[C@]5(C)[C@H](O)C[C@]34C)C(C)(C)O)O[C@H](CO[C@H]3O[C@H](CO)[C@@H](O)[C@H](O)[C@H]3O)[C@@H](O)[C@@H]2O)O[C@@H]1CO. The number of hydrogen-bond donors (Lipinski definition) is 15. The van der Waals surface area contributed by atoms with E-state index in [0.29, 0.717) is 25.7 Å². The van der Waals surface area contributed by atoms with Gasteiger partial charge in [0.2, 0.25) is 0 Å². The fourth-order valence-corrected chi connectivity index (χ4v) is 15.8. The Kier molecular flexibility index (Phi) is 19.1. The number of aliphatic hydroxyl groups excluding tert-OH is 14. The van der Waals surface area contributed by atoms with Gasteiger partial charge in [0.05, 0.1) is 62.5 Å². The van der Waals surface area contributed by atoms with Crippen molar-refractivity contribution in [3.8, 4) is 0 Å². The third-order valence-electron chi connectivity index (χ3n) is 21.2. The minimum Gasteiger partial charge on any atom is -0.394 e. The summed E-state index contributed by atoms with van der Waals surface area (Å²) in [5, 5.41) is 163. The van der Waals surface area contributed by atoms with E-state index in [9.17, 15) is 76.6 Å². The van der Waals surface area contributed by atoms with Crippen LogP contribution < -0.4 is 0 Å². The topological polar surface area (TPSA) is 377 Å². The van der Waals surface area contributed by atoms with Crippen LogP contribution >= 0.6 is 0 Å². The van der Waals surface area contributed by atoms with Crippen LogP contribution in [0.15, 0.2) is 11.6 Å². The highest BCUT2D eigenvalue weighted by atomic mass is 16.8. The molecule has 0 radical (unpaired) electrons. The molecule has 15 N–H and O–H groups in total. The Bertz CT molecular complexity index is 2020. The molecule has 7 fully saturated rings. The van der Waals surface area contributed by atoms with E-state index >= 15 is 0 Å². The van der Waals surface area contributed by atoms with Gasteiger partial charge in [-0.2, -0.15) is 0 Å². The van der Waals surface area contributed by atoms with Crippen LogP contribution in [0.25, 0.3) is 0 Å². The van der Waals surface area contributed by atoms with Gasteiger partial charge < -0.3 is 114 Å². The van der Waals surface area contributed by atoms with Gasteiger partial charge in [0.1, 0.15) is 79.4 Å². The predicted molar refractivity (Wildman–Crippen MR) is 271 cm³/mol. The number of aliphatic hydroxyl groups is 15. The first kappa shape index (κ1) is 62.9. The molecule has 452 valence electrons. The summed E-state index contributed by atoms with van der Waals surface area (Å²) in [6.07, 6.45) is -24.0. The smallest absolute Gasteiger partial charge is 0.187 e. The molecule has 4 heterocycles. The van der Waals surface area contributed by atoms with E-state index in [0.717, 1.165) is 19.3 Å². The van der Waals surface area contributed by atoms with Crippen LogP contribution in [0.4, 0.5) is 0 Å². The molecule has 23 nitrogen and oxygen atoms in total. The Labute approximate surface area is 457 Å². The molecular weight excluding hydrogens is 1030 g/mol. The molecule has 4 aliphatic heterocycles. The fraction of sp³-hybridized carbons (Fsp3) is 0.964. The molecule has 78 heavy (non-hydrogen) atoms. The zero-order valence-corrected chi connectivity index (χ0v) is 46.6. The van der Waals surface area contributed by atoms with Gasteiger partial charge in [-0.15, -0.1) is 0 Å². The maximum absolute atomic E-state index is 12.7. The van der Waals surface area contributed by atoms with E-state index < -0.39 is 184 Å². The van der Waals surface area contributed by atoms with E-state index in [1.165, 1.54) is 5.57 Å². The van der Waals surface area contributed by atoms with Gasteiger partial charge in [-0.05, 0) is 99.7 Å². The van der Waals surface area contributed by atoms with Crippen molar-refractivity contribution in [1.82, 2.24) is 0 Å². The van der Waals surface area contributed by atoms with Crippen LogP contribution in [0.5, 0.6) is 0 Å². The first-order valence-corrected chi connectivity index (χ1v) is 28.4. The number of rotatable bonds is 17. The minimum atomic E-state index is -1.87. The highest BCUT2D eigenvalue weighted by molar-refractivity contribution is 5.32. The summed E-state index contributed by atoms with van der Waals surface area (Å²) in [6.45, 7) is 15.5. The lowest BCUT2D eigenvalue weighted by Crippen LogP contribution is -2.65. The lowest BCUT2D eigenvalue weighted by molar-refractivity contribution is -0.378. The second kappa shape index (κ2) is 23.7. The number of hydrogen-bond acceptors (Lipinski definition) is 23. The molecule has 0 aromatic rings. The highest BCUT2D eigenvalue weighted by Gasteiger charge is 2.70. The molecule has 0 unspecified atom stereocenters. The summed E-state index contributed by atoms with van der Waals surface area (Å²) in [6, 6.07) is 0. The van der Waals surface area contributed by atoms with Crippen molar-refractivity contribution in [2.75, 3.05) is 26.4 Å². The molecule has 30 atom stereocenters. The molecule has 0 aromatic carbocycles. The summed E-state index contributed by atoms with van der Waals surface area (Å²) >= 11 is 0. The predicted octanol–water partition coefficient (Wildman–Crippen LogP) is -1.96. The van der Waals surface area contributed by atoms with E-state index in [1.54, 1.807) is 20.8 Å². The molecule has 0 bridgehead atoms. The van der Waals surface area contributed by atoms with Crippen molar-refractivity contribution in [3.63, 3.8) is 0 Å². The molecule has 0 spiro atoms. The van der Waals surface area contributed by atoms with Gasteiger partial charge in [0.15, 0.2) is 25.2 Å². The first-order valence-electron chi connectivity index (χ1n) is 28.4. The molecule has 23 heteroatoms. The molecule has 3 saturated carbocycles. The van der Waals surface area contributed by atoms with Crippen LogP contribution in [0.3, 0.4) is 0 Å². The molecule has 0 amide bonds. The van der Waals surface area contributed by atoms with Crippen molar-refractivity contribution >= 4 is 0 Å². The van der Waals surface area contributed by atoms with Crippen molar-refractivity contribution < 1.29 is 114 Å². The van der Waals surface area contributed by atoms with Crippen LogP contribution in [0.2, 0.25) is 0 Å². The molecule has 4 saturated heterocycles. The highest BCUT2D eigenvalue weighted by Crippen LogP contribution is 2.75. The molecular formula is C55H94O23. The molecule has 0 aromatic heterocycles. The number of allylic oxidation sites excluding steroid dienone is 1. The monoisotopic (exact) mass is 1120 g/mol. The Morgan fingerprint density at radius 2 is 1.15 bits per heavy atom. The maximum atomic E-state index is 12.7. The summed E-state index contributed by atoms with van der Waals surface area (Å²) in [7, 11) is 0. The zero-order valence-electron chi connectivity index (χ0n) is 46.6. The Hall–Kier alpha value is -1.18. The van der Waals surface area contributed by atoms with Gasteiger partial charge >= 0.3 is 0 Å². The summed E-state index contributed by atoms with van der Waals surface area (Å²) in [5.74, 6) is -0.425. The van der Waals surface area contributed by atoms with Gasteiger partial charge in [0, 0.05) is 16.7 Å². The van der Waals surface area contributed by atoms with Crippen molar-refractivity contribution in [2.24, 2.45) is 51.2 Å². The van der Waals surface area contributed by atoms with Crippen LogP contribution in [0.1, 0.15) is 114 Å². The van der Waals surface area contributed by atoms with Crippen molar-refractivity contribution in [2.45, 2.75) is 254 Å². The Morgan fingerprint density at radius 3 is 1.76 bits per heavy atom.